The normalized spacial score (nSPS) is 11.6. The van der Waals surface area contributed by atoms with Gasteiger partial charge in [0, 0.05) is 28.1 Å². The summed E-state index contributed by atoms with van der Waals surface area (Å²) in [5.41, 5.74) is 0.886. The van der Waals surface area contributed by atoms with Gasteiger partial charge in [-0.2, -0.15) is 9.78 Å². The highest BCUT2D eigenvalue weighted by molar-refractivity contribution is 7.16. The van der Waals surface area contributed by atoms with E-state index in [1.807, 2.05) is 39.0 Å². The Bertz CT molecular complexity index is 1300. The lowest BCUT2D eigenvalue weighted by Crippen LogP contribution is -2.29. The van der Waals surface area contributed by atoms with Crippen molar-refractivity contribution >= 4 is 34.7 Å². The van der Waals surface area contributed by atoms with Crippen LogP contribution < -0.4 is 10.9 Å². The highest BCUT2D eigenvalue weighted by Crippen LogP contribution is 2.26. The Morgan fingerprint density at radius 2 is 2.06 bits per heavy atom. The Kier molecular flexibility index (Phi) is 6.08. The maximum atomic E-state index is 13.1. The first-order valence-corrected chi connectivity index (χ1v) is 11.3. The van der Waals surface area contributed by atoms with Gasteiger partial charge in [-0.1, -0.05) is 32.4 Å². The van der Waals surface area contributed by atoms with Crippen LogP contribution in [0.25, 0.3) is 11.3 Å². The number of carbonyl (C=O) groups excluding carboxylic acids is 1. The number of hydrogen-bond acceptors (Lipinski definition) is 6. The van der Waals surface area contributed by atoms with Crippen molar-refractivity contribution in [3.05, 3.63) is 80.3 Å². The van der Waals surface area contributed by atoms with Crippen LogP contribution in [-0.4, -0.2) is 20.3 Å². The predicted octanol–water partition coefficient (Wildman–Crippen LogP) is 5.37. The monoisotopic (exact) mass is 470 g/mol. The third kappa shape index (κ3) is 4.71. The van der Waals surface area contributed by atoms with E-state index in [1.165, 1.54) is 16.0 Å². The maximum absolute atomic E-state index is 13.1. The molecule has 7 nitrogen and oxygen atoms in total. The summed E-state index contributed by atoms with van der Waals surface area (Å²) in [5, 5.41) is 7.78. The Hall–Kier alpha value is -3.10. The summed E-state index contributed by atoms with van der Waals surface area (Å²) in [6, 6.07) is 10.8. The Morgan fingerprint density at radius 1 is 1.25 bits per heavy atom. The molecule has 4 rings (SSSR count). The van der Waals surface area contributed by atoms with Gasteiger partial charge in [-0.05, 0) is 30.3 Å². The Morgan fingerprint density at radius 3 is 2.72 bits per heavy atom. The number of hydrogen-bond donors (Lipinski definition) is 1. The van der Waals surface area contributed by atoms with Gasteiger partial charge >= 0.3 is 0 Å². The van der Waals surface area contributed by atoms with Crippen molar-refractivity contribution in [3.8, 4) is 11.3 Å². The third-order valence-electron chi connectivity index (χ3n) is 4.85. The average molecular weight is 471 g/mol. The van der Waals surface area contributed by atoms with Crippen molar-refractivity contribution in [2.75, 3.05) is 5.32 Å². The highest BCUT2D eigenvalue weighted by Gasteiger charge is 2.27. The summed E-state index contributed by atoms with van der Waals surface area (Å²) < 4.78 is 8.73. The molecule has 0 atom stereocenters. The molecule has 0 unspecified atom stereocenters. The van der Waals surface area contributed by atoms with E-state index < -0.39 is 5.41 Å². The van der Waals surface area contributed by atoms with Gasteiger partial charge in [0.15, 0.2) is 0 Å². The first-order chi connectivity index (χ1) is 15.2. The van der Waals surface area contributed by atoms with Crippen molar-refractivity contribution in [1.82, 2.24) is 14.3 Å². The van der Waals surface area contributed by atoms with Crippen LogP contribution >= 0.6 is 22.9 Å². The van der Waals surface area contributed by atoms with Crippen LogP contribution in [0.2, 0.25) is 4.34 Å². The van der Waals surface area contributed by atoms with Gasteiger partial charge in [0.1, 0.15) is 11.5 Å². The number of thiophene rings is 1. The van der Waals surface area contributed by atoms with E-state index >= 15 is 0 Å². The summed E-state index contributed by atoms with van der Waals surface area (Å²) in [6.45, 7) is 6.37. The lowest BCUT2D eigenvalue weighted by atomic mass is 9.96. The number of halogens is 1. The van der Waals surface area contributed by atoms with Gasteiger partial charge in [0.2, 0.25) is 0 Å². The van der Waals surface area contributed by atoms with Gasteiger partial charge in [-0.25, -0.2) is 0 Å². The Balaban J connectivity index is 1.70. The van der Waals surface area contributed by atoms with E-state index in [4.69, 9.17) is 16.0 Å². The Labute approximate surface area is 194 Å². The molecule has 1 N–H and O–H groups in total. The second-order valence-corrected chi connectivity index (χ2v) is 10.2. The van der Waals surface area contributed by atoms with Crippen LogP contribution in [0.4, 0.5) is 5.82 Å². The fourth-order valence-corrected chi connectivity index (χ4v) is 4.20. The number of carbonyl (C=O) groups is 1. The number of nitrogens with one attached hydrogen (secondary N) is 1. The van der Waals surface area contributed by atoms with Crippen molar-refractivity contribution in [1.29, 1.82) is 0 Å². The number of pyridine rings is 1. The number of aromatic nitrogens is 3. The molecule has 4 heterocycles. The number of furan rings is 1. The zero-order valence-corrected chi connectivity index (χ0v) is 19.5. The van der Waals surface area contributed by atoms with Crippen LogP contribution in [0.5, 0.6) is 0 Å². The fraction of sp³-hybridized carbons (Fsp3) is 0.261. The minimum absolute atomic E-state index is 0.176. The summed E-state index contributed by atoms with van der Waals surface area (Å²) in [5.74, 6) is 0.346. The van der Waals surface area contributed by atoms with E-state index in [2.05, 4.69) is 10.4 Å². The molecule has 4 aromatic rings. The van der Waals surface area contributed by atoms with Crippen molar-refractivity contribution < 1.29 is 9.21 Å². The number of anilines is 1. The SMILES string of the molecule is CC(C)(C)C(=O)n1nc(-c2cccn(Cc3ccoc3)c2=O)cc1NCc1ccc(Cl)s1. The molecule has 0 amide bonds. The minimum Gasteiger partial charge on any atom is -0.472 e. The molecule has 9 heteroatoms. The minimum atomic E-state index is -0.649. The van der Waals surface area contributed by atoms with Gasteiger partial charge in [0.25, 0.3) is 11.5 Å². The standard InChI is InChI=1S/C23H23ClN4O3S/c1-23(2,3)22(30)28-20(25-12-16-6-7-19(24)32-16)11-18(26-28)17-5-4-9-27(21(17)29)13-15-8-10-31-14-15/h4-11,14,25H,12-13H2,1-3H3. The van der Waals surface area contributed by atoms with Crippen LogP contribution in [-0.2, 0) is 13.1 Å². The second-order valence-electron chi connectivity index (χ2n) is 8.43. The quantitative estimate of drug-likeness (QED) is 0.410. The summed E-state index contributed by atoms with van der Waals surface area (Å²) in [6.07, 6.45) is 4.90. The molecule has 0 radical (unpaired) electrons. The van der Waals surface area contributed by atoms with Crippen molar-refractivity contribution in [2.24, 2.45) is 5.41 Å². The predicted molar refractivity (Wildman–Crippen MR) is 126 cm³/mol. The molecule has 0 aromatic carbocycles. The van der Waals surface area contributed by atoms with Crippen molar-refractivity contribution in [3.63, 3.8) is 0 Å². The van der Waals surface area contributed by atoms with Crippen LogP contribution in [0, 0.1) is 5.41 Å². The van der Waals surface area contributed by atoms with Gasteiger partial charge in [0.05, 0.1) is 35.5 Å². The lowest BCUT2D eigenvalue weighted by molar-refractivity contribution is 0.0752. The summed E-state index contributed by atoms with van der Waals surface area (Å²) in [7, 11) is 0. The lowest BCUT2D eigenvalue weighted by Gasteiger charge is -2.18. The number of rotatable bonds is 6. The molecule has 0 aliphatic heterocycles. The van der Waals surface area contributed by atoms with E-state index in [0.29, 0.717) is 34.5 Å². The summed E-state index contributed by atoms with van der Waals surface area (Å²) in [4.78, 5) is 27.2. The molecule has 0 spiro atoms. The van der Waals surface area contributed by atoms with Crippen molar-refractivity contribution in [2.45, 2.75) is 33.9 Å². The van der Waals surface area contributed by atoms with Gasteiger partial charge in [-0.15, -0.1) is 11.3 Å². The maximum Gasteiger partial charge on any atom is 0.260 e. The van der Waals surface area contributed by atoms with E-state index in [-0.39, 0.29) is 11.5 Å². The van der Waals surface area contributed by atoms with E-state index in [1.54, 1.807) is 41.5 Å². The molecule has 0 aliphatic rings. The molecule has 0 saturated heterocycles. The second kappa shape index (κ2) is 8.80. The molecule has 0 bridgehead atoms. The third-order valence-corrected chi connectivity index (χ3v) is 6.08. The van der Waals surface area contributed by atoms with Crippen LogP contribution in [0.3, 0.4) is 0 Å². The first kappa shape index (κ1) is 22.1. The smallest absolute Gasteiger partial charge is 0.260 e. The molecule has 4 aromatic heterocycles. The number of nitrogens with zero attached hydrogens (tertiary/aromatic N) is 3. The molecule has 166 valence electrons. The van der Waals surface area contributed by atoms with Gasteiger partial charge in [-0.3, -0.25) is 9.59 Å². The van der Waals surface area contributed by atoms with Gasteiger partial charge < -0.3 is 14.3 Å². The topological polar surface area (TPSA) is 82.1 Å². The van der Waals surface area contributed by atoms with Crippen LogP contribution in [0.1, 0.15) is 36.0 Å². The molecule has 32 heavy (non-hydrogen) atoms. The van der Waals surface area contributed by atoms with E-state index in [9.17, 15) is 9.59 Å². The molecular weight excluding hydrogens is 448 g/mol. The molecule has 0 saturated carbocycles. The van der Waals surface area contributed by atoms with E-state index in [0.717, 1.165) is 10.4 Å². The zero-order chi connectivity index (χ0) is 22.9. The zero-order valence-electron chi connectivity index (χ0n) is 18.0. The largest absolute Gasteiger partial charge is 0.472 e. The molecular formula is C23H23ClN4O3S. The fourth-order valence-electron chi connectivity index (χ4n) is 3.17. The summed E-state index contributed by atoms with van der Waals surface area (Å²) >= 11 is 7.49. The van der Waals surface area contributed by atoms with Crippen LogP contribution in [0.15, 0.2) is 64.3 Å². The molecule has 0 fully saturated rings. The molecule has 0 aliphatic carbocycles. The first-order valence-electron chi connectivity index (χ1n) is 10.1. The average Bonchev–Trinajstić information content (AvgIpc) is 3.48. The highest BCUT2D eigenvalue weighted by atomic mass is 35.5.